The van der Waals surface area contributed by atoms with E-state index in [0.29, 0.717) is 11.5 Å². The molecule has 2 aromatic carbocycles. The Morgan fingerprint density at radius 1 is 1.05 bits per heavy atom. The van der Waals surface area contributed by atoms with Crippen molar-refractivity contribution in [1.29, 1.82) is 5.26 Å². The largest absolute Gasteiger partial charge is 0.389 e. The fourth-order valence-corrected chi connectivity index (χ4v) is 3.15. The maximum Gasteiger partial charge on any atom is 0.0992 e. The third-order valence-electron chi connectivity index (χ3n) is 3.37. The Morgan fingerprint density at radius 2 is 1.71 bits per heavy atom. The summed E-state index contributed by atoms with van der Waals surface area (Å²) in [6.45, 7) is 6.08. The third kappa shape index (κ3) is 3.87. The van der Waals surface area contributed by atoms with E-state index >= 15 is 0 Å². The second-order valence-electron chi connectivity index (χ2n) is 5.37. The van der Waals surface area contributed by atoms with Gasteiger partial charge in [0, 0.05) is 9.79 Å². The van der Waals surface area contributed by atoms with Crippen LogP contribution >= 0.6 is 11.8 Å². The normalized spacial score (nSPS) is 12.2. The predicted molar refractivity (Wildman–Crippen MR) is 86.4 cm³/mol. The first-order chi connectivity index (χ1) is 10.0. The molecule has 2 nitrogen and oxygen atoms in total. The van der Waals surface area contributed by atoms with Crippen LogP contribution in [0.4, 0.5) is 0 Å². The Hall–Kier alpha value is -1.76. The van der Waals surface area contributed by atoms with Crippen molar-refractivity contribution in [2.45, 2.75) is 42.6 Å². The highest BCUT2D eigenvalue weighted by Gasteiger charge is 2.10. The smallest absolute Gasteiger partial charge is 0.0992 e. The van der Waals surface area contributed by atoms with Gasteiger partial charge in [-0.25, -0.2) is 0 Å². The van der Waals surface area contributed by atoms with Crippen molar-refractivity contribution in [3.63, 3.8) is 0 Å². The zero-order valence-electron chi connectivity index (χ0n) is 12.5. The summed E-state index contributed by atoms with van der Waals surface area (Å²) in [4.78, 5) is 2.04. The molecule has 0 radical (unpaired) electrons. The van der Waals surface area contributed by atoms with Crippen LogP contribution in [0.15, 0.2) is 52.3 Å². The highest BCUT2D eigenvalue weighted by atomic mass is 32.2. The summed E-state index contributed by atoms with van der Waals surface area (Å²) in [5, 5.41) is 18.9. The van der Waals surface area contributed by atoms with Gasteiger partial charge in [-0.2, -0.15) is 5.26 Å². The highest BCUT2D eigenvalue weighted by Crippen LogP contribution is 2.34. The molecule has 108 valence electrons. The van der Waals surface area contributed by atoms with Crippen LogP contribution in [-0.4, -0.2) is 5.11 Å². The summed E-state index contributed by atoms with van der Waals surface area (Å²) in [5.41, 5.74) is 2.77. The number of aliphatic hydroxyl groups is 1. The fraction of sp³-hybridized carbons (Fsp3) is 0.278. The van der Waals surface area contributed by atoms with Crippen LogP contribution in [0.2, 0.25) is 0 Å². The van der Waals surface area contributed by atoms with Gasteiger partial charge in [-0.05, 0) is 48.2 Å². The van der Waals surface area contributed by atoms with Crippen molar-refractivity contribution in [1.82, 2.24) is 0 Å². The van der Waals surface area contributed by atoms with E-state index in [-0.39, 0.29) is 0 Å². The molecule has 0 saturated heterocycles. The SMILES string of the molecule is CC(C)c1ccc(Sc2cc(C#N)ccc2[C@H](C)O)cc1. The van der Waals surface area contributed by atoms with Crippen LogP contribution in [0.5, 0.6) is 0 Å². The first kappa shape index (κ1) is 15.6. The van der Waals surface area contributed by atoms with Gasteiger partial charge in [0.05, 0.1) is 17.7 Å². The van der Waals surface area contributed by atoms with Crippen molar-refractivity contribution < 1.29 is 5.11 Å². The lowest BCUT2D eigenvalue weighted by atomic mass is 10.0. The molecule has 0 aromatic heterocycles. The minimum atomic E-state index is -0.546. The zero-order chi connectivity index (χ0) is 15.4. The number of benzene rings is 2. The predicted octanol–water partition coefficient (Wildman–Crippen LogP) is 4.89. The number of rotatable bonds is 4. The summed E-state index contributed by atoms with van der Waals surface area (Å²) >= 11 is 1.58. The summed E-state index contributed by atoms with van der Waals surface area (Å²) < 4.78 is 0. The topological polar surface area (TPSA) is 44.0 Å². The van der Waals surface area contributed by atoms with Crippen LogP contribution in [0, 0.1) is 11.3 Å². The van der Waals surface area contributed by atoms with Crippen molar-refractivity contribution in [3.8, 4) is 6.07 Å². The molecular weight excluding hydrogens is 278 g/mol. The lowest BCUT2D eigenvalue weighted by Crippen LogP contribution is -1.95. The van der Waals surface area contributed by atoms with E-state index in [0.717, 1.165) is 15.4 Å². The van der Waals surface area contributed by atoms with Gasteiger partial charge in [-0.15, -0.1) is 0 Å². The van der Waals surface area contributed by atoms with E-state index in [1.165, 1.54) is 5.56 Å². The molecule has 0 amide bonds. The second-order valence-corrected chi connectivity index (χ2v) is 6.48. The maximum absolute atomic E-state index is 9.87. The van der Waals surface area contributed by atoms with Gasteiger partial charge in [0.15, 0.2) is 0 Å². The molecule has 1 N–H and O–H groups in total. The lowest BCUT2D eigenvalue weighted by Gasteiger charge is -2.12. The summed E-state index contributed by atoms with van der Waals surface area (Å²) in [7, 11) is 0. The van der Waals surface area contributed by atoms with Crippen LogP contribution < -0.4 is 0 Å². The van der Waals surface area contributed by atoms with Gasteiger partial charge in [0.25, 0.3) is 0 Å². The van der Waals surface area contributed by atoms with E-state index in [1.54, 1.807) is 24.8 Å². The van der Waals surface area contributed by atoms with Crippen molar-refractivity contribution in [3.05, 3.63) is 59.2 Å². The summed E-state index contributed by atoms with van der Waals surface area (Å²) in [6, 6.07) is 16.0. The maximum atomic E-state index is 9.87. The quantitative estimate of drug-likeness (QED) is 0.874. The molecule has 0 aliphatic rings. The van der Waals surface area contributed by atoms with Crippen molar-refractivity contribution in [2.75, 3.05) is 0 Å². The number of nitriles is 1. The summed E-state index contributed by atoms with van der Waals surface area (Å²) in [5.74, 6) is 0.513. The Balaban J connectivity index is 2.31. The molecule has 2 aromatic rings. The number of hydrogen-bond acceptors (Lipinski definition) is 3. The molecule has 1 atom stereocenters. The van der Waals surface area contributed by atoms with Crippen LogP contribution in [-0.2, 0) is 0 Å². The molecule has 0 aliphatic carbocycles. The van der Waals surface area contributed by atoms with Gasteiger partial charge < -0.3 is 5.11 Å². The molecule has 0 spiro atoms. The number of aliphatic hydroxyl groups excluding tert-OH is 1. The minimum Gasteiger partial charge on any atom is -0.389 e. The lowest BCUT2D eigenvalue weighted by molar-refractivity contribution is 0.196. The Morgan fingerprint density at radius 3 is 2.24 bits per heavy atom. The highest BCUT2D eigenvalue weighted by molar-refractivity contribution is 7.99. The van der Waals surface area contributed by atoms with Crippen molar-refractivity contribution in [2.24, 2.45) is 0 Å². The molecular formula is C18H19NOS. The molecule has 21 heavy (non-hydrogen) atoms. The van der Waals surface area contributed by atoms with Crippen molar-refractivity contribution >= 4 is 11.8 Å². The Labute approximate surface area is 130 Å². The molecule has 0 unspecified atom stereocenters. The molecule has 0 aliphatic heterocycles. The van der Waals surface area contributed by atoms with Gasteiger partial charge in [-0.3, -0.25) is 0 Å². The van der Waals surface area contributed by atoms with Crippen LogP contribution in [0.3, 0.4) is 0 Å². The molecule has 0 saturated carbocycles. The fourth-order valence-electron chi connectivity index (χ4n) is 2.09. The third-order valence-corrected chi connectivity index (χ3v) is 4.45. The van der Waals surface area contributed by atoms with Gasteiger partial charge in [0.2, 0.25) is 0 Å². The average molecular weight is 297 g/mol. The molecule has 2 rings (SSSR count). The monoisotopic (exact) mass is 297 g/mol. The second kappa shape index (κ2) is 6.80. The number of hydrogen-bond donors (Lipinski definition) is 1. The molecule has 0 bridgehead atoms. The van der Waals surface area contributed by atoms with E-state index in [1.807, 2.05) is 12.1 Å². The first-order valence-corrected chi connectivity index (χ1v) is 7.83. The first-order valence-electron chi connectivity index (χ1n) is 7.01. The molecule has 0 fully saturated rings. The zero-order valence-corrected chi connectivity index (χ0v) is 13.3. The average Bonchev–Trinajstić information content (AvgIpc) is 2.47. The van der Waals surface area contributed by atoms with E-state index < -0.39 is 6.10 Å². The summed E-state index contributed by atoms with van der Waals surface area (Å²) in [6.07, 6.45) is -0.546. The molecule has 3 heteroatoms. The molecule has 0 heterocycles. The number of nitrogens with zero attached hydrogens (tertiary/aromatic N) is 1. The Kier molecular flexibility index (Phi) is 5.06. The van der Waals surface area contributed by atoms with Crippen LogP contribution in [0.25, 0.3) is 0 Å². The van der Waals surface area contributed by atoms with E-state index in [4.69, 9.17) is 5.26 Å². The standard InChI is InChI=1S/C18H19NOS/c1-12(2)15-5-7-16(8-6-15)21-18-10-14(11-19)4-9-17(18)13(3)20/h4-10,12-13,20H,1-3H3/t13-/m0/s1. The van der Waals surface area contributed by atoms with Gasteiger partial charge in [-0.1, -0.05) is 43.8 Å². The van der Waals surface area contributed by atoms with Crippen LogP contribution in [0.1, 0.15) is 49.5 Å². The van der Waals surface area contributed by atoms with E-state index in [2.05, 4.69) is 44.2 Å². The minimum absolute atomic E-state index is 0.513. The Bertz CT molecular complexity index is 654. The van der Waals surface area contributed by atoms with Gasteiger partial charge in [0.1, 0.15) is 0 Å². The van der Waals surface area contributed by atoms with Gasteiger partial charge >= 0.3 is 0 Å². The van der Waals surface area contributed by atoms with E-state index in [9.17, 15) is 5.11 Å².